The Morgan fingerprint density at radius 1 is 1.11 bits per heavy atom. The van der Waals surface area contributed by atoms with Gasteiger partial charge in [0.1, 0.15) is 17.6 Å². The number of ether oxygens (including phenoxy) is 2. The van der Waals surface area contributed by atoms with E-state index in [4.69, 9.17) is 9.47 Å². The van der Waals surface area contributed by atoms with Gasteiger partial charge in [0.05, 0.1) is 24.1 Å². The lowest BCUT2D eigenvalue weighted by Gasteiger charge is -2.38. The Hall–Kier alpha value is -4.06. The summed E-state index contributed by atoms with van der Waals surface area (Å²) >= 11 is 1.50. The molecule has 6 heterocycles. The summed E-state index contributed by atoms with van der Waals surface area (Å²) in [5.41, 5.74) is 3.34. The number of thiazole rings is 1. The van der Waals surface area contributed by atoms with E-state index in [9.17, 15) is 4.79 Å². The number of fused-ring (bicyclic) bond motifs is 2. The van der Waals surface area contributed by atoms with Crippen LogP contribution in [-0.2, 0) is 7.05 Å². The van der Waals surface area contributed by atoms with Crippen molar-refractivity contribution >= 4 is 28.2 Å². The molecule has 4 aromatic heterocycles. The molecule has 1 amide bonds. The molecular weight excluding hydrogens is 504 g/mol. The fourth-order valence-electron chi connectivity index (χ4n) is 5.36. The summed E-state index contributed by atoms with van der Waals surface area (Å²) in [5, 5.41) is 18.4. The smallest absolute Gasteiger partial charge is 0.255 e. The van der Waals surface area contributed by atoms with Crippen molar-refractivity contribution < 1.29 is 14.3 Å². The van der Waals surface area contributed by atoms with E-state index in [1.165, 1.54) is 11.3 Å². The molecule has 4 aromatic rings. The molecule has 196 valence electrons. The molecule has 38 heavy (non-hydrogen) atoms. The van der Waals surface area contributed by atoms with Crippen molar-refractivity contribution in [3.63, 3.8) is 0 Å². The van der Waals surface area contributed by atoms with Gasteiger partial charge in [-0.3, -0.25) is 9.48 Å². The Bertz CT molecular complexity index is 1420. The Balaban J connectivity index is 1.08. The first-order valence-corrected chi connectivity index (χ1v) is 13.4. The molecule has 0 aliphatic carbocycles. The van der Waals surface area contributed by atoms with Gasteiger partial charge in [0.25, 0.3) is 5.91 Å². The SMILES string of the molecule is COc1ccc(O[C@H]2C[C@H]3CC[C@@H](C2)N3C(=O)c2ccc(Nc3nc(-c4cc(C)nn4C)cs3)nc2)nn1. The molecule has 0 saturated carbocycles. The summed E-state index contributed by atoms with van der Waals surface area (Å²) < 4.78 is 13.0. The minimum Gasteiger partial charge on any atom is -0.480 e. The number of anilines is 2. The third-order valence-corrected chi connectivity index (χ3v) is 7.81. The van der Waals surface area contributed by atoms with Crippen molar-refractivity contribution in [2.75, 3.05) is 12.4 Å². The van der Waals surface area contributed by atoms with Gasteiger partial charge in [-0.05, 0) is 38.0 Å². The lowest BCUT2D eigenvalue weighted by Crippen LogP contribution is -2.49. The molecule has 2 saturated heterocycles. The summed E-state index contributed by atoms with van der Waals surface area (Å²) in [7, 11) is 3.46. The molecule has 0 radical (unpaired) electrons. The second-order valence-electron chi connectivity index (χ2n) is 9.61. The first-order chi connectivity index (χ1) is 18.5. The number of pyridine rings is 1. The lowest BCUT2D eigenvalue weighted by molar-refractivity contribution is 0.0344. The van der Waals surface area contributed by atoms with E-state index >= 15 is 0 Å². The summed E-state index contributed by atoms with van der Waals surface area (Å²) in [6.45, 7) is 1.96. The van der Waals surface area contributed by atoms with Crippen molar-refractivity contribution in [2.45, 2.75) is 50.8 Å². The first kappa shape index (κ1) is 24.3. The summed E-state index contributed by atoms with van der Waals surface area (Å²) in [4.78, 5) is 24.6. The number of methoxy groups -OCH3 is 1. The Morgan fingerprint density at radius 2 is 1.87 bits per heavy atom. The van der Waals surface area contributed by atoms with E-state index in [0.717, 1.165) is 47.9 Å². The van der Waals surface area contributed by atoms with Crippen molar-refractivity contribution in [3.05, 3.63) is 53.2 Å². The van der Waals surface area contributed by atoms with Gasteiger partial charge in [0, 0.05) is 55.7 Å². The minimum atomic E-state index is 0.00222. The van der Waals surface area contributed by atoms with Gasteiger partial charge >= 0.3 is 0 Å². The highest BCUT2D eigenvalue weighted by Gasteiger charge is 2.44. The number of carbonyl (C=O) groups is 1. The molecule has 2 fully saturated rings. The zero-order valence-electron chi connectivity index (χ0n) is 21.4. The fourth-order valence-corrected chi connectivity index (χ4v) is 6.07. The van der Waals surface area contributed by atoms with Crippen LogP contribution in [0.4, 0.5) is 10.9 Å². The van der Waals surface area contributed by atoms with E-state index in [0.29, 0.717) is 23.1 Å². The number of hydrogen-bond acceptors (Lipinski definition) is 10. The number of carbonyl (C=O) groups excluding carboxylic acids is 1. The topological polar surface area (TPSA) is 120 Å². The largest absolute Gasteiger partial charge is 0.480 e. The van der Waals surface area contributed by atoms with Gasteiger partial charge in [-0.1, -0.05) is 0 Å². The third-order valence-electron chi connectivity index (χ3n) is 7.05. The van der Waals surface area contributed by atoms with Crippen molar-refractivity contribution in [1.29, 1.82) is 0 Å². The fraction of sp³-hybridized carbons (Fsp3) is 0.385. The van der Waals surface area contributed by atoms with E-state index < -0.39 is 0 Å². The minimum absolute atomic E-state index is 0.00222. The number of hydrogen-bond donors (Lipinski definition) is 1. The second-order valence-corrected chi connectivity index (χ2v) is 10.5. The molecule has 2 aliphatic heterocycles. The zero-order chi connectivity index (χ0) is 26.2. The summed E-state index contributed by atoms with van der Waals surface area (Å²) in [6, 6.07) is 9.43. The molecule has 11 nitrogen and oxygen atoms in total. The normalized spacial score (nSPS) is 20.4. The number of nitrogens with zero attached hydrogens (tertiary/aromatic N) is 7. The van der Waals surface area contributed by atoms with Crippen LogP contribution in [0.15, 0.2) is 41.9 Å². The number of nitrogens with one attached hydrogen (secondary N) is 1. The average Bonchev–Trinajstić information content (AvgIpc) is 3.59. The quantitative estimate of drug-likeness (QED) is 0.376. The Kier molecular flexibility index (Phi) is 6.40. The van der Waals surface area contributed by atoms with Gasteiger partial charge in [-0.25, -0.2) is 9.97 Å². The maximum absolute atomic E-state index is 13.4. The molecule has 3 atom stereocenters. The Labute approximate surface area is 223 Å². The van der Waals surface area contributed by atoms with E-state index in [1.807, 2.05) is 47.1 Å². The van der Waals surface area contributed by atoms with E-state index in [2.05, 4.69) is 30.6 Å². The summed E-state index contributed by atoms with van der Waals surface area (Å²) in [5.74, 6) is 1.58. The average molecular weight is 533 g/mol. The van der Waals surface area contributed by atoms with Crippen LogP contribution in [0.2, 0.25) is 0 Å². The van der Waals surface area contributed by atoms with Crippen LogP contribution >= 0.6 is 11.3 Å². The lowest BCUT2D eigenvalue weighted by atomic mass is 9.98. The first-order valence-electron chi connectivity index (χ1n) is 12.5. The molecule has 2 aliphatic rings. The predicted octanol–water partition coefficient (Wildman–Crippen LogP) is 4.00. The maximum atomic E-state index is 13.4. The zero-order valence-corrected chi connectivity index (χ0v) is 22.2. The highest BCUT2D eigenvalue weighted by Crippen LogP contribution is 2.38. The van der Waals surface area contributed by atoms with Crippen LogP contribution in [0.1, 0.15) is 41.7 Å². The summed E-state index contributed by atoms with van der Waals surface area (Å²) in [6.07, 6.45) is 5.12. The predicted molar refractivity (Wildman–Crippen MR) is 142 cm³/mol. The van der Waals surface area contributed by atoms with E-state index in [1.54, 1.807) is 25.4 Å². The molecule has 12 heteroatoms. The molecular formula is C26H28N8O3S. The maximum Gasteiger partial charge on any atom is 0.255 e. The highest BCUT2D eigenvalue weighted by atomic mass is 32.1. The van der Waals surface area contributed by atoms with Crippen LogP contribution in [0.3, 0.4) is 0 Å². The molecule has 0 aromatic carbocycles. The monoisotopic (exact) mass is 532 g/mol. The van der Waals surface area contributed by atoms with Crippen LogP contribution < -0.4 is 14.8 Å². The van der Waals surface area contributed by atoms with Gasteiger partial charge in [-0.2, -0.15) is 5.10 Å². The van der Waals surface area contributed by atoms with Crippen LogP contribution in [0.25, 0.3) is 11.4 Å². The van der Waals surface area contributed by atoms with Crippen LogP contribution in [0, 0.1) is 6.92 Å². The van der Waals surface area contributed by atoms with Gasteiger partial charge in [0.15, 0.2) is 5.13 Å². The third kappa shape index (κ3) is 4.78. The van der Waals surface area contributed by atoms with Crippen molar-refractivity contribution in [2.24, 2.45) is 7.05 Å². The van der Waals surface area contributed by atoms with Gasteiger partial charge in [0.2, 0.25) is 11.8 Å². The standard InChI is InChI=1S/C26H28N8O3S/c1-15-10-21(33(2)32-15)20-14-38-26(28-20)29-22-7-4-16(13-27-22)25(35)34-17-5-6-18(34)12-19(11-17)37-24-9-8-23(36-3)30-31-24/h4,7-10,13-14,17-19H,5-6,11-12H2,1-3H3,(H,27,28,29)/t17-,18+,19+. The Morgan fingerprint density at radius 3 is 2.50 bits per heavy atom. The molecule has 0 spiro atoms. The number of aromatic nitrogens is 6. The number of piperidine rings is 1. The van der Waals surface area contributed by atoms with Crippen LogP contribution in [0.5, 0.6) is 11.8 Å². The molecule has 1 N–H and O–H groups in total. The number of amides is 1. The molecule has 0 unspecified atom stereocenters. The van der Waals surface area contributed by atoms with Gasteiger partial charge in [-0.15, -0.1) is 21.5 Å². The number of rotatable bonds is 7. The molecule has 2 bridgehead atoms. The van der Waals surface area contributed by atoms with Crippen molar-refractivity contribution in [3.8, 4) is 23.1 Å². The van der Waals surface area contributed by atoms with E-state index in [-0.39, 0.29) is 24.1 Å². The van der Waals surface area contributed by atoms with Crippen molar-refractivity contribution in [1.82, 2.24) is 34.8 Å². The highest BCUT2D eigenvalue weighted by molar-refractivity contribution is 7.14. The molecule has 6 rings (SSSR count). The van der Waals surface area contributed by atoms with Crippen LogP contribution in [-0.4, -0.2) is 66.1 Å². The second kappa shape index (κ2) is 10.0. The van der Waals surface area contributed by atoms with Gasteiger partial charge < -0.3 is 19.7 Å². The number of aryl methyl sites for hydroxylation is 2.